The van der Waals surface area contributed by atoms with Crippen molar-refractivity contribution >= 4 is 21.0 Å². The molecule has 0 aliphatic carbocycles. The van der Waals surface area contributed by atoms with Crippen molar-refractivity contribution in [2.45, 2.75) is 22.1 Å². The third-order valence-corrected chi connectivity index (χ3v) is 6.09. The molecule has 0 saturated heterocycles. The lowest BCUT2D eigenvalue weighted by molar-refractivity contribution is -0.0273. The summed E-state index contributed by atoms with van der Waals surface area (Å²) in [6, 6.07) is 18.0. The van der Waals surface area contributed by atoms with Crippen LogP contribution in [-0.2, 0) is 26.8 Å². The molecule has 2 aromatic carbocycles. The highest BCUT2D eigenvalue weighted by Crippen LogP contribution is 2.26. The van der Waals surface area contributed by atoms with Gasteiger partial charge in [-0.1, -0.05) is 30.3 Å². The quantitative estimate of drug-likeness (QED) is 0.549. The van der Waals surface area contributed by atoms with E-state index in [1.807, 2.05) is 18.2 Å². The lowest BCUT2D eigenvalue weighted by Gasteiger charge is -2.21. The average Bonchev–Trinajstić information content (AvgIpc) is 2.62. The SMILES string of the molecule is C[S+](Cc1ccccc1)c1ccc(O)cc1.O=S(=O)([O-])C(F)(F)C(F)CO. The summed E-state index contributed by atoms with van der Waals surface area (Å²) in [6.45, 7) is -1.71. The second-order valence-corrected chi connectivity index (χ2v) is 8.91. The van der Waals surface area contributed by atoms with E-state index in [0.717, 1.165) is 5.75 Å². The molecule has 2 aromatic rings. The Morgan fingerprint density at radius 2 is 1.63 bits per heavy atom. The zero-order chi connectivity index (χ0) is 20.7. The number of halogens is 3. The topological polar surface area (TPSA) is 97.7 Å². The minimum Gasteiger partial charge on any atom is -0.743 e. The Hall–Kier alpha value is -1.75. The molecule has 0 radical (unpaired) electrons. The van der Waals surface area contributed by atoms with Crippen LogP contribution in [0, 0.1) is 0 Å². The number of aromatic hydroxyl groups is 1. The highest BCUT2D eigenvalue weighted by Gasteiger charge is 2.46. The van der Waals surface area contributed by atoms with Gasteiger partial charge in [-0.3, -0.25) is 0 Å². The van der Waals surface area contributed by atoms with Crippen LogP contribution in [0.4, 0.5) is 13.2 Å². The smallest absolute Gasteiger partial charge is 0.367 e. The highest BCUT2D eigenvalue weighted by atomic mass is 32.2. The Morgan fingerprint density at radius 1 is 1.11 bits per heavy atom. The monoisotopic (exact) mass is 424 g/mol. The normalized spacial score (nSPS) is 14.0. The van der Waals surface area contributed by atoms with E-state index in [9.17, 15) is 31.2 Å². The highest BCUT2D eigenvalue weighted by molar-refractivity contribution is 7.95. The van der Waals surface area contributed by atoms with Crippen molar-refractivity contribution in [3.8, 4) is 5.75 Å². The van der Waals surface area contributed by atoms with Crippen molar-refractivity contribution in [3.05, 3.63) is 60.2 Å². The number of rotatable bonds is 6. The third-order valence-electron chi connectivity index (χ3n) is 3.32. The zero-order valence-corrected chi connectivity index (χ0v) is 15.9. The molecular weight excluding hydrogens is 405 g/mol. The van der Waals surface area contributed by atoms with Gasteiger partial charge < -0.3 is 14.8 Å². The fraction of sp³-hybridized carbons (Fsp3) is 0.294. The van der Waals surface area contributed by atoms with E-state index in [1.54, 1.807) is 12.1 Å². The van der Waals surface area contributed by atoms with Gasteiger partial charge in [0.2, 0.25) is 0 Å². The van der Waals surface area contributed by atoms with E-state index < -0.39 is 28.2 Å². The number of aliphatic hydroxyl groups excluding tert-OH is 1. The summed E-state index contributed by atoms with van der Waals surface area (Å²) >= 11 is 0. The Morgan fingerprint density at radius 3 is 2.04 bits per heavy atom. The summed E-state index contributed by atoms with van der Waals surface area (Å²) in [5.74, 6) is 1.39. The minimum atomic E-state index is -6.03. The van der Waals surface area contributed by atoms with Crippen LogP contribution in [0.3, 0.4) is 0 Å². The molecule has 5 nitrogen and oxygen atoms in total. The zero-order valence-electron chi connectivity index (χ0n) is 14.3. The maximum atomic E-state index is 11.9. The van der Waals surface area contributed by atoms with Gasteiger partial charge >= 0.3 is 5.25 Å². The first-order chi connectivity index (χ1) is 12.5. The Kier molecular flexibility index (Phi) is 8.60. The van der Waals surface area contributed by atoms with E-state index in [0.29, 0.717) is 5.75 Å². The van der Waals surface area contributed by atoms with Crippen LogP contribution < -0.4 is 0 Å². The molecule has 150 valence electrons. The van der Waals surface area contributed by atoms with Crippen LogP contribution >= 0.6 is 0 Å². The molecule has 2 unspecified atom stereocenters. The molecule has 0 saturated carbocycles. The van der Waals surface area contributed by atoms with Gasteiger partial charge in [-0.2, -0.15) is 8.78 Å². The van der Waals surface area contributed by atoms with Crippen LogP contribution in [-0.4, -0.2) is 47.5 Å². The number of phenols is 1. The van der Waals surface area contributed by atoms with E-state index >= 15 is 0 Å². The predicted molar refractivity (Wildman–Crippen MR) is 96.4 cm³/mol. The molecule has 10 heteroatoms. The molecular formula is C17H19F3O5S2. The number of benzene rings is 2. The maximum Gasteiger partial charge on any atom is 0.367 e. The summed E-state index contributed by atoms with van der Waals surface area (Å²) in [6.07, 6.45) is -1.13. The number of hydrogen-bond donors (Lipinski definition) is 2. The summed E-state index contributed by atoms with van der Waals surface area (Å²) in [5, 5.41) is 12.0. The lowest BCUT2D eigenvalue weighted by Crippen LogP contribution is -2.40. The van der Waals surface area contributed by atoms with Crippen molar-refractivity contribution in [1.82, 2.24) is 0 Å². The van der Waals surface area contributed by atoms with Crippen LogP contribution in [0.15, 0.2) is 59.5 Å². The van der Waals surface area contributed by atoms with Gasteiger partial charge in [0.05, 0.1) is 6.61 Å². The van der Waals surface area contributed by atoms with Crippen molar-refractivity contribution in [2.75, 3.05) is 12.9 Å². The summed E-state index contributed by atoms with van der Waals surface area (Å²) in [4.78, 5) is 1.29. The number of phenolic OH excluding ortho intramolecular Hbond substituents is 1. The van der Waals surface area contributed by atoms with Crippen LogP contribution in [0.5, 0.6) is 5.75 Å². The molecule has 27 heavy (non-hydrogen) atoms. The van der Waals surface area contributed by atoms with E-state index in [4.69, 9.17) is 5.11 Å². The summed E-state index contributed by atoms with van der Waals surface area (Å²) in [7, 11) is -5.84. The molecule has 0 spiro atoms. The van der Waals surface area contributed by atoms with Gasteiger partial charge in [-0.05, 0) is 24.3 Å². The van der Waals surface area contributed by atoms with Crippen molar-refractivity contribution in [3.63, 3.8) is 0 Å². The first-order valence-electron chi connectivity index (χ1n) is 7.52. The molecule has 0 aromatic heterocycles. The molecule has 0 amide bonds. The molecule has 0 heterocycles. The van der Waals surface area contributed by atoms with Crippen molar-refractivity contribution in [1.29, 1.82) is 0 Å². The van der Waals surface area contributed by atoms with Gasteiger partial charge in [0.15, 0.2) is 21.2 Å². The van der Waals surface area contributed by atoms with Gasteiger partial charge in [-0.25, -0.2) is 12.8 Å². The van der Waals surface area contributed by atoms with E-state index in [1.165, 1.54) is 10.5 Å². The van der Waals surface area contributed by atoms with Gasteiger partial charge in [0, 0.05) is 16.5 Å². The van der Waals surface area contributed by atoms with E-state index in [-0.39, 0.29) is 10.9 Å². The first-order valence-corrected chi connectivity index (χ1v) is 10.7. The number of aliphatic hydroxyl groups is 1. The van der Waals surface area contributed by atoms with Crippen LogP contribution in [0.1, 0.15) is 5.56 Å². The standard InChI is InChI=1S/C14H14OS.C3H5F3O4S/c1-16(11-12-5-3-2-4-6-12)14-9-7-13(15)8-10-14;4-2(1-7)3(5,6)11(8,9)10/h2-10H,11H2,1H3;2,7H,1H2,(H,8,9,10). The van der Waals surface area contributed by atoms with Crippen molar-refractivity contribution in [2.24, 2.45) is 0 Å². The Labute approximate surface area is 158 Å². The van der Waals surface area contributed by atoms with Gasteiger partial charge in [-0.15, -0.1) is 0 Å². The third kappa shape index (κ3) is 7.06. The lowest BCUT2D eigenvalue weighted by atomic mass is 10.2. The molecule has 0 aliphatic heterocycles. The average molecular weight is 424 g/mol. The van der Waals surface area contributed by atoms with Gasteiger partial charge in [0.1, 0.15) is 17.8 Å². The molecule has 2 rings (SSSR count). The first kappa shape index (κ1) is 23.3. The number of alkyl halides is 3. The fourth-order valence-corrected chi connectivity index (χ4v) is 3.70. The van der Waals surface area contributed by atoms with Gasteiger partial charge in [0.25, 0.3) is 0 Å². The predicted octanol–water partition coefficient (Wildman–Crippen LogP) is 2.65. The largest absolute Gasteiger partial charge is 0.743 e. The maximum absolute atomic E-state index is 11.9. The summed E-state index contributed by atoms with van der Waals surface area (Å²) < 4.78 is 64.4. The van der Waals surface area contributed by atoms with E-state index in [2.05, 4.69) is 30.5 Å². The molecule has 0 bridgehead atoms. The Bertz CT molecular complexity index is 799. The Balaban J connectivity index is 0.000000293. The minimum absolute atomic E-state index is 0.196. The second-order valence-electron chi connectivity index (χ2n) is 5.43. The molecule has 0 fully saturated rings. The fourth-order valence-electron chi connectivity index (χ4n) is 1.85. The molecule has 0 aliphatic rings. The summed E-state index contributed by atoms with van der Waals surface area (Å²) in [5.41, 5.74) is 1.36. The van der Waals surface area contributed by atoms with Crippen molar-refractivity contribution < 1.29 is 36.4 Å². The number of hydrogen-bond acceptors (Lipinski definition) is 5. The van der Waals surface area contributed by atoms with Crippen LogP contribution in [0.2, 0.25) is 0 Å². The molecule has 2 N–H and O–H groups in total. The second kappa shape index (κ2) is 9.98. The van der Waals surface area contributed by atoms with Crippen LogP contribution in [0.25, 0.3) is 0 Å². The molecule has 2 atom stereocenters.